The monoisotopic (exact) mass is 847 g/mol. The summed E-state index contributed by atoms with van der Waals surface area (Å²) in [4.78, 5) is 0. The molecule has 0 saturated heterocycles. The van der Waals surface area contributed by atoms with Gasteiger partial charge in [0.05, 0.1) is 19.3 Å². The van der Waals surface area contributed by atoms with Crippen molar-refractivity contribution in [1.29, 1.82) is 0 Å². The van der Waals surface area contributed by atoms with Crippen molar-refractivity contribution >= 4 is 0 Å². The number of aliphatic hydroxyl groups is 2. The van der Waals surface area contributed by atoms with Crippen molar-refractivity contribution in [1.82, 2.24) is 0 Å². The summed E-state index contributed by atoms with van der Waals surface area (Å²) in [6.45, 7) is 6.98. The fraction of sp³-hybridized carbons (Fsp3) is 0.965. The Morgan fingerprint density at radius 2 is 0.583 bits per heavy atom. The number of hydrogen-bond acceptors (Lipinski definition) is 3. The van der Waals surface area contributed by atoms with Crippen LogP contribution in [-0.4, -0.2) is 35.6 Å². The summed E-state index contributed by atoms with van der Waals surface area (Å²) in [5, 5.41) is 19.8. The quantitative estimate of drug-likeness (QED) is 0.0474. The van der Waals surface area contributed by atoms with Crippen LogP contribution in [0.1, 0.15) is 323 Å². The summed E-state index contributed by atoms with van der Waals surface area (Å²) in [5.74, 6) is 0.576. The molecule has 0 saturated carbocycles. The molecule has 0 aromatic carbocycles. The molecule has 360 valence electrons. The lowest BCUT2D eigenvalue weighted by molar-refractivity contribution is -0.0561. The average Bonchev–Trinajstić information content (AvgIpc) is 3.26. The minimum Gasteiger partial charge on any atom is -0.394 e. The molecule has 3 nitrogen and oxygen atoms in total. The zero-order chi connectivity index (χ0) is 43.5. The highest BCUT2D eigenvalue weighted by Gasteiger charge is 2.22. The molecule has 0 radical (unpaired) electrons. The van der Waals surface area contributed by atoms with Gasteiger partial charge in [-0.15, -0.1) is 0 Å². The standard InChI is InChI=1S/C57H114O3/c1-4-7-10-13-16-19-22-25-27-29-31-34-37-40-43-46-49-52-57(60-54-56(59)53-58)55(50-47-44-41-38-35-32-24-21-18-15-12-9-6-3)51-48-45-42-39-36-33-30-28-26-23-20-17-14-11-8-5-2/h32,35,55-59H,4-31,33-34,36-54H2,1-3H3. The van der Waals surface area contributed by atoms with E-state index in [1.165, 1.54) is 295 Å². The van der Waals surface area contributed by atoms with E-state index in [9.17, 15) is 10.2 Å². The first-order valence-electron chi connectivity index (χ1n) is 28.2. The van der Waals surface area contributed by atoms with Crippen LogP contribution in [0.5, 0.6) is 0 Å². The lowest BCUT2D eigenvalue weighted by Gasteiger charge is -2.29. The van der Waals surface area contributed by atoms with Gasteiger partial charge in [0.1, 0.15) is 6.10 Å². The fourth-order valence-corrected chi connectivity index (χ4v) is 9.41. The molecule has 0 bridgehead atoms. The van der Waals surface area contributed by atoms with Crippen LogP contribution in [-0.2, 0) is 4.74 Å². The van der Waals surface area contributed by atoms with Gasteiger partial charge in [-0.2, -0.15) is 0 Å². The van der Waals surface area contributed by atoms with Gasteiger partial charge < -0.3 is 14.9 Å². The Hall–Kier alpha value is -0.380. The van der Waals surface area contributed by atoms with Crippen molar-refractivity contribution in [2.45, 2.75) is 335 Å². The summed E-state index contributed by atoms with van der Waals surface area (Å²) in [7, 11) is 0. The fourth-order valence-electron chi connectivity index (χ4n) is 9.41. The first-order chi connectivity index (χ1) is 29.7. The largest absolute Gasteiger partial charge is 0.394 e. The second kappa shape index (κ2) is 53.0. The number of unbranched alkanes of at least 4 members (excludes halogenated alkanes) is 40. The molecule has 3 heteroatoms. The zero-order valence-corrected chi connectivity index (χ0v) is 41.8. The molecule has 0 aliphatic heterocycles. The van der Waals surface area contributed by atoms with Gasteiger partial charge in [-0.25, -0.2) is 0 Å². The van der Waals surface area contributed by atoms with Crippen molar-refractivity contribution < 1.29 is 14.9 Å². The maximum Gasteiger partial charge on any atom is 0.100 e. The Morgan fingerprint density at radius 1 is 0.333 bits per heavy atom. The van der Waals surface area contributed by atoms with Gasteiger partial charge in [0, 0.05) is 0 Å². The molecule has 0 aliphatic rings. The topological polar surface area (TPSA) is 49.7 Å². The van der Waals surface area contributed by atoms with Crippen LogP contribution in [0.2, 0.25) is 0 Å². The summed E-state index contributed by atoms with van der Waals surface area (Å²) in [5.41, 5.74) is 0. The van der Waals surface area contributed by atoms with Crippen molar-refractivity contribution in [2.24, 2.45) is 5.92 Å². The van der Waals surface area contributed by atoms with Crippen molar-refractivity contribution in [3.63, 3.8) is 0 Å². The minimum absolute atomic E-state index is 0.206. The van der Waals surface area contributed by atoms with E-state index in [0.717, 1.165) is 6.42 Å². The lowest BCUT2D eigenvalue weighted by Crippen LogP contribution is -2.30. The second-order valence-corrected chi connectivity index (χ2v) is 19.7. The van der Waals surface area contributed by atoms with Gasteiger partial charge in [-0.05, 0) is 50.9 Å². The number of rotatable bonds is 53. The van der Waals surface area contributed by atoms with E-state index in [-0.39, 0.29) is 19.3 Å². The van der Waals surface area contributed by atoms with Crippen molar-refractivity contribution in [2.75, 3.05) is 13.2 Å². The lowest BCUT2D eigenvalue weighted by atomic mass is 9.87. The number of allylic oxidation sites excluding steroid dienone is 2. The summed E-state index contributed by atoms with van der Waals surface area (Å²) in [6.07, 6.45) is 69.1. The predicted molar refractivity (Wildman–Crippen MR) is 269 cm³/mol. The normalized spacial score (nSPS) is 13.5. The highest BCUT2D eigenvalue weighted by molar-refractivity contribution is 4.81. The van der Waals surface area contributed by atoms with Crippen molar-refractivity contribution in [3.05, 3.63) is 12.2 Å². The molecule has 0 aromatic heterocycles. The number of hydrogen-bond donors (Lipinski definition) is 2. The van der Waals surface area contributed by atoms with Gasteiger partial charge in [0.15, 0.2) is 0 Å². The van der Waals surface area contributed by atoms with Crippen LogP contribution in [0.15, 0.2) is 12.2 Å². The maximum absolute atomic E-state index is 10.3. The van der Waals surface area contributed by atoms with Crippen LogP contribution in [0, 0.1) is 5.92 Å². The molecule has 0 fully saturated rings. The van der Waals surface area contributed by atoms with Crippen molar-refractivity contribution in [3.8, 4) is 0 Å². The van der Waals surface area contributed by atoms with Crippen LogP contribution in [0.4, 0.5) is 0 Å². The van der Waals surface area contributed by atoms with Gasteiger partial charge in [0.25, 0.3) is 0 Å². The molecular formula is C57H114O3. The van der Waals surface area contributed by atoms with E-state index in [0.29, 0.717) is 5.92 Å². The predicted octanol–water partition coefficient (Wildman–Crippen LogP) is 19.3. The third-order valence-corrected chi connectivity index (χ3v) is 13.6. The Morgan fingerprint density at radius 3 is 0.883 bits per heavy atom. The zero-order valence-electron chi connectivity index (χ0n) is 41.8. The maximum atomic E-state index is 10.3. The Kier molecular flexibility index (Phi) is 52.6. The highest BCUT2D eigenvalue weighted by atomic mass is 16.5. The van der Waals surface area contributed by atoms with Crippen LogP contribution in [0.3, 0.4) is 0 Å². The van der Waals surface area contributed by atoms with E-state index in [4.69, 9.17) is 4.74 Å². The molecule has 0 rings (SSSR count). The van der Waals surface area contributed by atoms with Gasteiger partial charge >= 0.3 is 0 Å². The SMILES string of the molecule is CCCCCCCCC=CCCCCCC(CCCCCCCCCCCCCCCCCC)C(CCCCCCCCCCCCCCCCCCC)OCC(O)CO. The Labute approximate surface area is 379 Å². The summed E-state index contributed by atoms with van der Waals surface area (Å²) >= 11 is 0. The molecule has 0 amide bonds. The van der Waals surface area contributed by atoms with Gasteiger partial charge in [-0.3, -0.25) is 0 Å². The highest BCUT2D eigenvalue weighted by Crippen LogP contribution is 2.28. The molecule has 0 aliphatic carbocycles. The summed E-state index contributed by atoms with van der Waals surface area (Å²) < 4.78 is 6.51. The molecule has 0 heterocycles. The first kappa shape index (κ1) is 59.6. The van der Waals surface area contributed by atoms with E-state index in [1.54, 1.807) is 0 Å². The van der Waals surface area contributed by atoms with Gasteiger partial charge in [0.2, 0.25) is 0 Å². The molecule has 0 spiro atoms. The number of ether oxygens (including phenoxy) is 1. The molecule has 3 unspecified atom stereocenters. The van der Waals surface area contributed by atoms with E-state index in [1.807, 2.05) is 0 Å². The molecule has 2 N–H and O–H groups in total. The number of aliphatic hydroxyl groups excluding tert-OH is 2. The molecule has 60 heavy (non-hydrogen) atoms. The van der Waals surface area contributed by atoms with Crippen LogP contribution < -0.4 is 0 Å². The third kappa shape index (κ3) is 47.1. The average molecular weight is 848 g/mol. The Balaban J connectivity index is 4.58. The van der Waals surface area contributed by atoms with Crippen LogP contribution >= 0.6 is 0 Å². The van der Waals surface area contributed by atoms with E-state index in [2.05, 4.69) is 32.9 Å². The molecular weight excluding hydrogens is 733 g/mol. The minimum atomic E-state index is -0.762. The Bertz CT molecular complexity index is 781. The first-order valence-corrected chi connectivity index (χ1v) is 28.2. The van der Waals surface area contributed by atoms with E-state index < -0.39 is 6.10 Å². The smallest absolute Gasteiger partial charge is 0.100 e. The summed E-state index contributed by atoms with van der Waals surface area (Å²) in [6, 6.07) is 0. The molecule has 3 atom stereocenters. The second-order valence-electron chi connectivity index (χ2n) is 19.7. The van der Waals surface area contributed by atoms with Gasteiger partial charge in [-0.1, -0.05) is 290 Å². The molecule has 0 aromatic rings. The third-order valence-electron chi connectivity index (χ3n) is 13.6. The van der Waals surface area contributed by atoms with Crippen LogP contribution in [0.25, 0.3) is 0 Å². The van der Waals surface area contributed by atoms with E-state index >= 15 is 0 Å².